The minimum atomic E-state index is -3.67. The Morgan fingerprint density at radius 2 is 1.50 bits per heavy atom. The van der Waals surface area contributed by atoms with Gasteiger partial charge >= 0.3 is 23.1 Å². The van der Waals surface area contributed by atoms with Crippen LogP contribution in [0.2, 0.25) is 0 Å². The molecule has 0 aromatic rings. The molecular formula is C7H15MgO3S+. The molecule has 0 saturated heterocycles. The molecule has 1 aliphatic rings. The first-order valence-corrected chi connectivity index (χ1v) is 5.59. The normalized spacial score (nSPS) is 16.8. The molecule has 0 spiro atoms. The Labute approximate surface area is 90.8 Å². The summed E-state index contributed by atoms with van der Waals surface area (Å²) in [6, 6.07) is 0. The predicted molar refractivity (Wildman–Crippen MR) is 50.6 cm³/mol. The minimum absolute atomic E-state index is 0. The van der Waals surface area contributed by atoms with Crippen molar-refractivity contribution in [3.63, 3.8) is 0 Å². The first kappa shape index (κ1) is 15.2. The summed E-state index contributed by atoms with van der Waals surface area (Å²) >= 11 is 0. The van der Waals surface area contributed by atoms with Gasteiger partial charge in [0.15, 0.2) is 0 Å². The third kappa shape index (κ3) is 22.4. The SMILES string of the molecule is CS(=O)(=O)O.[CH-]1CCCCC1.[Mg+2]. The van der Waals surface area contributed by atoms with Gasteiger partial charge in [0.05, 0.1) is 6.26 Å². The molecule has 0 atom stereocenters. The van der Waals surface area contributed by atoms with E-state index < -0.39 is 10.1 Å². The molecule has 0 bridgehead atoms. The zero-order valence-electron chi connectivity index (χ0n) is 7.49. The largest absolute Gasteiger partial charge is 2.00 e. The Kier molecular flexibility index (Phi) is 10.5. The molecule has 5 heteroatoms. The summed E-state index contributed by atoms with van der Waals surface area (Å²) in [5, 5.41) is 0. The molecule has 1 rings (SSSR count). The van der Waals surface area contributed by atoms with Crippen LogP contribution in [0.15, 0.2) is 0 Å². The first-order valence-electron chi connectivity index (χ1n) is 3.74. The molecule has 3 nitrogen and oxygen atoms in total. The van der Waals surface area contributed by atoms with Crippen molar-refractivity contribution in [3.8, 4) is 0 Å². The smallest absolute Gasteiger partial charge is 0.328 e. The van der Waals surface area contributed by atoms with Crippen molar-refractivity contribution >= 4 is 33.2 Å². The molecule has 0 heterocycles. The van der Waals surface area contributed by atoms with E-state index in [0.717, 1.165) is 0 Å². The van der Waals surface area contributed by atoms with Gasteiger partial charge in [-0.25, -0.2) is 0 Å². The second-order valence-electron chi connectivity index (χ2n) is 2.66. The van der Waals surface area contributed by atoms with Gasteiger partial charge in [-0.1, -0.05) is 19.3 Å². The third-order valence-electron chi connectivity index (χ3n) is 1.32. The Hall–Kier alpha value is 0.676. The number of rotatable bonds is 0. The van der Waals surface area contributed by atoms with E-state index in [4.69, 9.17) is 4.55 Å². The molecule has 12 heavy (non-hydrogen) atoms. The van der Waals surface area contributed by atoms with Crippen LogP contribution >= 0.6 is 0 Å². The van der Waals surface area contributed by atoms with E-state index in [-0.39, 0.29) is 23.1 Å². The molecule has 1 fully saturated rings. The predicted octanol–water partition coefficient (Wildman–Crippen LogP) is 1.28. The molecule has 0 aromatic heterocycles. The summed E-state index contributed by atoms with van der Waals surface area (Å²) in [7, 11) is -3.67. The molecule has 1 aliphatic carbocycles. The summed E-state index contributed by atoms with van der Waals surface area (Å²) in [4.78, 5) is 0. The van der Waals surface area contributed by atoms with Gasteiger partial charge in [-0.15, -0.1) is 0 Å². The van der Waals surface area contributed by atoms with E-state index >= 15 is 0 Å². The fourth-order valence-electron chi connectivity index (χ4n) is 0.898. The molecule has 1 N–H and O–H groups in total. The topological polar surface area (TPSA) is 54.4 Å². The van der Waals surface area contributed by atoms with E-state index in [2.05, 4.69) is 6.42 Å². The van der Waals surface area contributed by atoms with Crippen LogP contribution in [0.4, 0.5) is 0 Å². The van der Waals surface area contributed by atoms with Crippen molar-refractivity contribution in [2.75, 3.05) is 6.26 Å². The van der Waals surface area contributed by atoms with Crippen molar-refractivity contribution in [2.24, 2.45) is 0 Å². The van der Waals surface area contributed by atoms with E-state index in [1.165, 1.54) is 32.1 Å². The fourth-order valence-corrected chi connectivity index (χ4v) is 0.898. The second kappa shape index (κ2) is 8.28. The van der Waals surface area contributed by atoms with Gasteiger partial charge in [0.1, 0.15) is 0 Å². The summed E-state index contributed by atoms with van der Waals surface area (Å²) in [5.74, 6) is 0. The van der Waals surface area contributed by atoms with E-state index in [0.29, 0.717) is 6.26 Å². The first-order chi connectivity index (χ1) is 5.00. The fraction of sp³-hybridized carbons (Fsp3) is 0.857. The van der Waals surface area contributed by atoms with Gasteiger partial charge in [0, 0.05) is 0 Å². The molecule has 0 aliphatic heterocycles. The molecule has 0 radical (unpaired) electrons. The van der Waals surface area contributed by atoms with Gasteiger partial charge in [-0.3, -0.25) is 4.55 Å². The van der Waals surface area contributed by atoms with Crippen LogP contribution in [-0.2, 0) is 10.1 Å². The van der Waals surface area contributed by atoms with Gasteiger partial charge in [-0.05, 0) is 0 Å². The maximum Gasteiger partial charge on any atom is 2.00 e. The van der Waals surface area contributed by atoms with Crippen molar-refractivity contribution in [1.82, 2.24) is 0 Å². The van der Waals surface area contributed by atoms with Gasteiger partial charge in [-0.2, -0.15) is 21.3 Å². The van der Waals surface area contributed by atoms with Crippen molar-refractivity contribution < 1.29 is 13.0 Å². The average molecular weight is 204 g/mol. The quantitative estimate of drug-likeness (QED) is 0.367. The summed E-state index contributed by atoms with van der Waals surface area (Å²) in [6.45, 7) is 0. The van der Waals surface area contributed by atoms with Crippen LogP contribution < -0.4 is 0 Å². The van der Waals surface area contributed by atoms with Crippen molar-refractivity contribution in [2.45, 2.75) is 32.1 Å². The van der Waals surface area contributed by atoms with Gasteiger partial charge in [0.2, 0.25) is 0 Å². The molecular weight excluding hydrogens is 188 g/mol. The minimum Gasteiger partial charge on any atom is -0.328 e. The zero-order valence-corrected chi connectivity index (χ0v) is 9.72. The summed E-state index contributed by atoms with van der Waals surface area (Å²) < 4.78 is 25.9. The van der Waals surface area contributed by atoms with E-state index in [9.17, 15) is 8.42 Å². The Morgan fingerprint density at radius 3 is 1.58 bits per heavy atom. The Balaban J connectivity index is 0. The van der Waals surface area contributed by atoms with Crippen LogP contribution in [-0.4, -0.2) is 42.3 Å². The van der Waals surface area contributed by atoms with Crippen LogP contribution in [0.25, 0.3) is 0 Å². The van der Waals surface area contributed by atoms with Crippen molar-refractivity contribution in [1.29, 1.82) is 0 Å². The molecule has 0 aromatic carbocycles. The van der Waals surface area contributed by atoms with E-state index in [1.807, 2.05) is 0 Å². The molecule has 0 unspecified atom stereocenters. The maximum absolute atomic E-state index is 9.19. The average Bonchev–Trinajstić information content (AvgIpc) is 1.88. The van der Waals surface area contributed by atoms with Crippen LogP contribution in [0, 0.1) is 6.42 Å². The van der Waals surface area contributed by atoms with Gasteiger partial charge in [0.25, 0.3) is 10.1 Å². The Morgan fingerprint density at radius 1 is 1.17 bits per heavy atom. The number of hydrogen-bond acceptors (Lipinski definition) is 2. The maximum atomic E-state index is 9.19. The van der Waals surface area contributed by atoms with Crippen LogP contribution in [0.3, 0.4) is 0 Å². The van der Waals surface area contributed by atoms with E-state index in [1.54, 1.807) is 0 Å². The second-order valence-corrected chi connectivity index (χ2v) is 4.13. The number of hydrogen-bond donors (Lipinski definition) is 1. The monoisotopic (exact) mass is 203 g/mol. The van der Waals surface area contributed by atoms with Crippen molar-refractivity contribution in [3.05, 3.63) is 6.42 Å². The van der Waals surface area contributed by atoms with Gasteiger partial charge < -0.3 is 6.42 Å². The third-order valence-corrected chi connectivity index (χ3v) is 1.32. The summed E-state index contributed by atoms with van der Waals surface area (Å²) in [5.41, 5.74) is 0. The van der Waals surface area contributed by atoms with Crippen LogP contribution in [0.1, 0.15) is 32.1 Å². The Bertz CT molecular complexity index is 154. The summed E-state index contributed by atoms with van der Waals surface area (Å²) in [6.07, 6.45) is 10.2. The van der Waals surface area contributed by atoms with Crippen LogP contribution in [0.5, 0.6) is 0 Å². The standard InChI is InChI=1S/C6H11.CH4O3S.Mg/c1-2-4-6-5-3-1;1-5(2,3)4;/h1H,2-6H2;1H3,(H,2,3,4);/q-1;;+2. The molecule has 1 saturated carbocycles. The molecule has 0 amide bonds. The molecule has 68 valence electrons. The zero-order chi connectivity index (χ0) is 8.74.